The van der Waals surface area contributed by atoms with Crippen LogP contribution in [0.25, 0.3) is 0 Å². The minimum atomic E-state index is 0.411. The first-order valence-electron chi connectivity index (χ1n) is 7.43. The zero-order chi connectivity index (χ0) is 13.3. The summed E-state index contributed by atoms with van der Waals surface area (Å²) in [5.74, 6) is 1.28. The van der Waals surface area contributed by atoms with Crippen LogP contribution in [0.1, 0.15) is 30.7 Å². The summed E-state index contributed by atoms with van der Waals surface area (Å²) >= 11 is 0. The van der Waals surface area contributed by atoms with Crippen molar-refractivity contribution < 1.29 is 4.74 Å². The van der Waals surface area contributed by atoms with Crippen LogP contribution in [0.3, 0.4) is 0 Å². The van der Waals surface area contributed by atoms with Gasteiger partial charge < -0.3 is 15.8 Å². The Morgan fingerprint density at radius 2 is 2.05 bits per heavy atom. The van der Waals surface area contributed by atoms with Crippen molar-refractivity contribution in [3.05, 3.63) is 35.9 Å². The molecule has 0 radical (unpaired) electrons. The van der Waals surface area contributed by atoms with Crippen molar-refractivity contribution >= 4 is 0 Å². The van der Waals surface area contributed by atoms with Gasteiger partial charge in [0.1, 0.15) is 0 Å². The van der Waals surface area contributed by atoms with Gasteiger partial charge in [0.2, 0.25) is 0 Å². The van der Waals surface area contributed by atoms with Crippen LogP contribution in [-0.2, 0) is 4.74 Å². The van der Waals surface area contributed by atoms with Crippen molar-refractivity contribution in [2.75, 3.05) is 32.8 Å². The van der Waals surface area contributed by atoms with E-state index in [9.17, 15) is 0 Å². The first-order chi connectivity index (χ1) is 9.40. The molecule has 106 valence electrons. The highest BCUT2D eigenvalue weighted by Crippen LogP contribution is 2.28. The van der Waals surface area contributed by atoms with Gasteiger partial charge in [-0.2, -0.15) is 0 Å². The lowest BCUT2D eigenvalue weighted by molar-refractivity contribution is 0.122. The number of hydrogen-bond acceptors (Lipinski definition) is 3. The molecule has 1 aromatic rings. The number of nitrogens with one attached hydrogen (secondary N) is 1. The molecule has 0 spiro atoms. The van der Waals surface area contributed by atoms with Crippen molar-refractivity contribution in [2.24, 2.45) is 11.7 Å². The Morgan fingerprint density at radius 1 is 1.26 bits per heavy atom. The van der Waals surface area contributed by atoms with E-state index in [1.165, 1.54) is 18.4 Å². The maximum absolute atomic E-state index is 5.84. The summed E-state index contributed by atoms with van der Waals surface area (Å²) in [6, 6.07) is 10.5. The van der Waals surface area contributed by atoms with E-state index in [1.54, 1.807) is 0 Å². The molecule has 0 aliphatic heterocycles. The third kappa shape index (κ3) is 5.72. The molecular weight excluding hydrogens is 236 g/mol. The molecule has 1 atom stereocenters. The standard InChI is InChI=1S/C16H26N2O/c17-11-16(15-5-2-1-3-6-15)12-18-9-4-10-19-13-14-7-8-14/h1-3,5-6,14,16,18H,4,7-13,17H2. The van der Waals surface area contributed by atoms with Crippen molar-refractivity contribution in [1.29, 1.82) is 0 Å². The lowest BCUT2D eigenvalue weighted by Gasteiger charge is -2.16. The van der Waals surface area contributed by atoms with Crippen LogP contribution in [-0.4, -0.2) is 32.8 Å². The van der Waals surface area contributed by atoms with Crippen LogP contribution in [0.2, 0.25) is 0 Å². The Hall–Kier alpha value is -0.900. The number of hydrogen-bond donors (Lipinski definition) is 2. The zero-order valence-corrected chi connectivity index (χ0v) is 11.7. The van der Waals surface area contributed by atoms with E-state index >= 15 is 0 Å². The Balaban J connectivity index is 1.53. The molecule has 1 fully saturated rings. The minimum Gasteiger partial charge on any atom is -0.381 e. The highest BCUT2D eigenvalue weighted by Gasteiger charge is 2.20. The van der Waals surface area contributed by atoms with E-state index in [4.69, 9.17) is 10.5 Å². The fraction of sp³-hybridized carbons (Fsp3) is 0.625. The smallest absolute Gasteiger partial charge is 0.0494 e. The SMILES string of the molecule is NCC(CNCCCOCC1CC1)c1ccccc1. The van der Waals surface area contributed by atoms with E-state index in [0.717, 1.165) is 38.6 Å². The molecule has 2 rings (SSSR count). The summed E-state index contributed by atoms with van der Waals surface area (Å²) < 4.78 is 5.61. The van der Waals surface area contributed by atoms with E-state index < -0.39 is 0 Å². The van der Waals surface area contributed by atoms with Gasteiger partial charge in [-0.3, -0.25) is 0 Å². The van der Waals surface area contributed by atoms with Crippen molar-refractivity contribution in [3.8, 4) is 0 Å². The second-order valence-corrected chi connectivity index (χ2v) is 5.42. The number of ether oxygens (including phenoxy) is 1. The summed E-state index contributed by atoms with van der Waals surface area (Å²) in [6.07, 6.45) is 3.82. The van der Waals surface area contributed by atoms with Gasteiger partial charge >= 0.3 is 0 Å². The average molecular weight is 262 g/mol. The molecule has 3 nitrogen and oxygen atoms in total. The van der Waals surface area contributed by atoms with Crippen LogP contribution in [0, 0.1) is 5.92 Å². The maximum Gasteiger partial charge on any atom is 0.0494 e. The summed E-state index contributed by atoms with van der Waals surface area (Å²) in [7, 11) is 0. The highest BCUT2D eigenvalue weighted by atomic mass is 16.5. The molecule has 1 saturated carbocycles. The molecule has 0 saturated heterocycles. The van der Waals surface area contributed by atoms with Gasteiger partial charge in [0, 0.05) is 32.2 Å². The van der Waals surface area contributed by atoms with Crippen molar-refractivity contribution in [2.45, 2.75) is 25.2 Å². The Labute approximate surface area is 116 Å². The van der Waals surface area contributed by atoms with Gasteiger partial charge in [-0.15, -0.1) is 0 Å². The maximum atomic E-state index is 5.84. The quantitative estimate of drug-likeness (QED) is 0.635. The molecule has 1 aromatic carbocycles. The minimum absolute atomic E-state index is 0.411. The van der Waals surface area contributed by atoms with E-state index in [2.05, 4.69) is 29.6 Å². The van der Waals surface area contributed by atoms with Gasteiger partial charge in [0.15, 0.2) is 0 Å². The fourth-order valence-corrected chi connectivity index (χ4v) is 2.17. The predicted octanol–water partition coefficient (Wildman–Crippen LogP) is 2.14. The van der Waals surface area contributed by atoms with Crippen LogP contribution in [0.4, 0.5) is 0 Å². The van der Waals surface area contributed by atoms with E-state index in [1.807, 2.05) is 6.07 Å². The lowest BCUT2D eigenvalue weighted by atomic mass is 9.99. The normalized spacial score (nSPS) is 16.5. The van der Waals surface area contributed by atoms with Crippen molar-refractivity contribution in [3.63, 3.8) is 0 Å². The van der Waals surface area contributed by atoms with Gasteiger partial charge in [-0.1, -0.05) is 30.3 Å². The lowest BCUT2D eigenvalue weighted by Crippen LogP contribution is -2.27. The molecule has 0 aromatic heterocycles. The summed E-state index contributed by atoms with van der Waals surface area (Å²) in [4.78, 5) is 0. The van der Waals surface area contributed by atoms with Crippen LogP contribution >= 0.6 is 0 Å². The summed E-state index contributed by atoms with van der Waals surface area (Å²) in [5, 5.41) is 3.48. The number of rotatable bonds is 10. The highest BCUT2D eigenvalue weighted by molar-refractivity contribution is 5.20. The van der Waals surface area contributed by atoms with Crippen LogP contribution in [0.5, 0.6) is 0 Å². The van der Waals surface area contributed by atoms with Gasteiger partial charge in [0.05, 0.1) is 0 Å². The molecule has 1 aliphatic rings. The second-order valence-electron chi connectivity index (χ2n) is 5.42. The van der Waals surface area contributed by atoms with Crippen LogP contribution < -0.4 is 11.1 Å². The Bertz CT molecular complexity index is 338. The third-order valence-electron chi connectivity index (χ3n) is 3.64. The zero-order valence-electron chi connectivity index (χ0n) is 11.7. The van der Waals surface area contributed by atoms with Gasteiger partial charge in [-0.05, 0) is 37.3 Å². The molecular formula is C16H26N2O. The number of benzene rings is 1. The molecule has 0 bridgehead atoms. The molecule has 3 N–H and O–H groups in total. The first-order valence-corrected chi connectivity index (χ1v) is 7.43. The van der Waals surface area contributed by atoms with E-state index in [-0.39, 0.29) is 0 Å². The van der Waals surface area contributed by atoms with E-state index in [0.29, 0.717) is 12.5 Å². The largest absolute Gasteiger partial charge is 0.381 e. The molecule has 1 aliphatic carbocycles. The monoisotopic (exact) mass is 262 g/mol. The molecule has 19 heavy (non-hydrogen) atoms. The summed E-state index contributed by atoms with van der Waals surface area (Å²) in [6.45, 7) is 4.49. The predicted molar refractivity (Wildman–Crippen MR) is 79.3 cm³/mol. The van der Waals surface area contributed by atoms with Gasteiger partial charge in [-0.25, -0.2) is 0 Å². The molecule has 1 unspecified atom stereocenters. The average Bonchev–Trinajstić information content (AvgIpc) is 3.27. The van der Waals surface area contributed by atoms with Gasteiger partial charge in [0.25, 0.3) is 0 Å². The summed E-state index contributed by atoms with van der Waals surface area (Å²) in [5.41, 5.74) is 7.16. The Kier molecular flexibility index (Phi) is 6.34. The Morgan fingerprint density at radius 3 is 2.74 bits per heavy atom. The topological polar surface area (TPSA) is 47.3 Å². The third-order valence-corrected chi connectivity index (χ3v) is 3.64. The second kappa shape index (κ2) is 8.31. The first kappa shape index (κ1) is 14.5. The van der Waals surface area contributed by atoms with Crippen molar-refractivity contribution in [1.82, 2.24) is 5.32 Å². The number of nitrogens with two attached hydrogens (primary N) is 1. The molecule has 0 amide bonds. The fourth-order valence-electron chi connectivity index (χ4n) is 2.17. The van der Waals surface area contributed by atoms with Crippen LogP contribution in [0.15, 0.2) is 30.3 Å². The molecule has 3 heteroatoms. The molecule has 0 heterocycles.